The summed E-state index contributed by atoms with van der Waals surface area (Å²) in [5.74, 6) is 4.18. The van der Waals surface area contributed by atoms with Gasteiger partial charge in [-0.2, -0.15) is 5.26 Å². The number of phenols is 4. The summed E-state index contributed by atoms with van der Waals surface area (Å²) in [7, 11) is 0. The van der Waals surface area contributed by atoms with E-state index in [1.165, 1.54) is 6.07 Å². The summed E-state index contributed by atoms with van der Waals surface area (Å²) in [6, 6.07) is 126. The summed E-state index contributed by atoms with van der Waals surface area (Å²) in [6.45, 7) is 37.4. The first-order chi connectivity index (χ1) is 70.4. The molecule has 0 radical (unpaired) electrons. The van der Waals surface area contributed by atoms with Gasteiger partial charge >= 0.3 is 0 Å². The fraction of sp³-hybridized carbons (Fsp3) is 0.0968. The molecule has 0 aliphatic carbocycles. The maximum atomic E-state index is 10.9. The van der Waals surface area contributed by atoms with Crippen LogP contribution in [0.25, 0.3) is 211 Å². The van der Waals surface area contributed by atoms with Crippen molar-refractivity contribution in [2.24, 2.45) is 17.8 Å². The van der Waals surface area contributed by atoms with Crippen molar-refractivity contribution in [2.45, 2.75) is 61.2 Å². The summed E-state index contributed by atoms with van der Waals surface area (Å²) < 4.78 is 8.47. The fourth-order valence-corrected chi connectivity index (χ4v) is 18.0. The summed E-state index contributed by atoms with van der Waals surface area (Å²) in [5.41, 5.74) is 28.4. The normalized spacial score (nSPS) is 10.8. The molecule has 0 aliphatic heterocycles. The molecule has 0 amide bonds. The first kappa shape index (κ1) is 106. The van der Waals surface area contributed by atoms with E-state index in [0.29, 0.717) is 98.2 Å². The van der Waals surface area contributed by atoms with Gasteiger partial charge in [-0.3, -0.25) is 24.5 Å². The minimum Gasteiger partial charge on any atom is -0.509 e. The van der Waals surface area contributed by atoms with E-state index in [9.17, 15) is 25.7 Å². The molecule has 22 rings (SSSR count). The second kappa shape index (κ2) is 48.0. The number of phenolic OH excluding ortho intramolecular Hbond substituents is 4. The Morgan fingerprint density at radius 3 is 1.14 bits per heavy atom. The Hall–Kier alpha value is -16.5. The van der Waals surface area contributed by atoms with Crippen molar-refractivity contribution in [2.75, 3.05) is 0 Å². The molecule has 20 nitrogen and oxygen atoms in total. The Labute approximate surface area is 915 Å². The van der Waals surface area contributed by atoms with Crippen LogP contribution in [0.2, 0.25) is 0 Å². The van der Waals surface area contributed by atoms with Gasteiger partial charge in [-0.1, -0.05) is 268 Å². The number of imidazole rings is 4. The number of rotatable bonds is 20. The predicted octanol–water partition coefficient (Wildman–Crippen LogP) is 29.9. The van der Waals surface area contributed by atoms with Crippen molar-refractivity contribution in [1.29, 1.82) is 5.26 Å². The van der Waals surface area contributed by atoms with Crippen molar-refractivity contribution in [3.8, 4) is 181 Å². The molecule has 0 bridgehead atoms. The van der Waals surface area contributed by atoms with Crippen LogP contribution in [0, 0.1) is 73.1 Å². The number of fused-ring (bicyclic) bond motifs is 4. The molecular weight excluding hydrogens is 2560 g/mol. The number of nitriles is 1. The van der Waals surface area contributed by atoms with Crippen LogP contribution in [0.15, 0.2) is 371 Å². The van der Waals surface area contributed by atoms with Gasteiger partial charge in [0, 0.05) is 168 Å². The van der Waals surface area contributed by atoms with E-state index in [0.717, 1.165) is 158 Å². The number of nitrogens with zero attached hydrogens (tertiary/aromatic N) is 16. The number of para-hydroxylation sites is 6. The molecule has 0 fully saturated rings. The summed E-state index contributed by atoms with van der Waals surface area (Å²) in [6.07, 6.45) is 6.97. The van der Waals surface area contributed by atoms with E-state index < -0.39 is 0 Å². The van der Waals surface area contributed by atoms with Crippen molar-refractivity contribution < 1.29 is 105 Å². The van der Waals surface area contributed by atoms with Gasteiger partial charge < -0.3 is 34.1 Å². The van der Waals surface area contributed by atoms with Gasteiger partial charge in [0.1, 0.15) is 46.3 Å². The van der Waals surface area contributed by atoms with E-state index in [4.69, 9.17) is 39.7 Å². The number of hydrogen-bond acceptors (Lipinski definition) is 13. The fourth-order valence-electron chi connectivity index (χ4n) is 18.0. The quantitative estimate of drug-likeness (QED) is 0.0520. The van der Waals surface area contributed by atoms with Gasteiger partial charge in [-0.15, -0.1) is 119 Å². The number of hydrogen-bond donors (Lipinski definition) is 4. The zero-order valence-electron chi connectivity index (χ0n) is 80.8. The Balaban J connectivity index is 0.000000147. The Bertz CT molecular complexity index is 8740. The van der Waals surface area contributed by atoms with Crippen LogP contribution < -0.4 is 0 Å². The number of pyridine rings is 4. The first-order valence-corrected chi connectivity index (χ1v) is 47.1. The molecule has 0 saturated carbocycles. The van der Waals surface area contributed by atoms with E-state index in [1.54, 1.807) is 85.5 Å². The molecular formula is C124H92N16O4Pt4-4. The average Bonchev–Trinajstić information content (AvgIpc) is 1.60. The number of aromatic hydroxyl groups is 4. The van der Waals surface area contributed by atoms with Crippen molar-refractivity contribution >= 4 is 61.2 Å². The molecule has 8 aromatic heterocycles. The van der Waals surface area contributed by atoms with Crippen LogP contribution in [-0.2, 0) is 104 Å². The summed E-state index contributed by atoms with van der Waals surface area (Å²) >= 11 is 0. The monoisotopic (exact) mass is 2650 g/mol. The van der Waals surface area contributed by atoms with Crippen LogP contribution >= 0.6 is 0 Å². The topological polar surface area (TPSA) is 241 Å². The standard InChI is InChI=1S/C37H23N4O.3C29H23N4O.4Pt/c38-24-25-20-21-39-32(22-25)28-13-8-12-27(23-28)30-16-9-18-34-36(30)40-37(31-15-5-7-19-35(31)42)41(34)33-17-6-4-14-29(33)26-10-2-1-3-11-26;1-19(2)18-33-26-12-7-10-23(20-8-6-9-21(16-20)25-11-4-5-15-31-25)28(26)32-29(33)24-17-22(30-3)13-14-27(24)34;1-19(2)18-33-26-12-7-10-23(20-8-6-9-21(16-20)25-11-4-5-15-31-25)28(26)32-29(33)24-14-13-22(30-3)17-27(24)34;1-19(2)18-33-28-25(30-3)15-14-22(27(28)32-29(33)23-11-4-5-13-26(23)34)20-9-8-10-21(17-20)24-12-6-7-16-31-24;;;;/h1-22,42H;2*4-15,17,19,34H,18H2,1-2H3;4-16,19,34H,18H2,1-2H3;;;;/q4*-1;;;;. The van der Waals surface area contributed by atoms with Crippen molar-refractivity contribution in [1.82, 2.24) is 58.1 Å². The summed E-state index contributed by atoms with van der Waals surface area (Å²) in [5, 5.41) is 52.3. The third-order valence-electron chi connectivity index (χ3n) is 24.4. The third kappa shape index (κ3) is 22.6. The zero-order valence-corrected chi connectivity index (χ0v) is 89.9. The smallest absolute Gasteiger partial charge is 0.211 e. The SMILES string of the molecule is N#Cc1ccnc(-c2[c-]c(-c3cccc4c3nc(-c3ccccc3O)n4-c3ccccc3-c3ccccc3)ccc2)c1.[C-]#[N+]c1ccc(-c2[c-]c(-c3ccccn3)ccc2)c2nc(-c3ccccc3O)n(CC(C)C)c12.[C-]#[N+]c1ccc(-c2nc3c(-c4[c-]c(-c5ccccn5)ccc4)cccc3n2CC(C)C)c(O)c1.[C-]#[N+]c1ccc(O)c(-c2nc3c(-c4[c-]c(-c5ccccn5)ccc4)cccc3n2CC(C)C)c1.[Pt].[Pt].[Pt].[Pt]. The molecule has 0 unspecified atom stereocenters. The predicted molar refractivity (Wildman–Crippen MR) is 572 cm³/mol. The molecule has 14 aromatic carbocycles. The maximum Gasteiger partial charge on any atom is 0.211 e. The molecule has 0 saturated heterocycles. The van der Waals surface area contributed by atoms with Gasteiger partial charge in [-0.25, -0.2) is 34.5 Å². The van der Waals surface area contributed by atoms with Crippen molar-refractivity contribution in [3.05, 3.63) is 435 Å². The number of aromatic nitrogens is 12. The van der Waals surface area contributed by atoms with E-state index in [2.05, 4.69) is 173 Å². The average molecular weight is 2650 g/mol. The van der Waals surface area contributed by atoms with E-state index in [-0.39, 0.29) is 107 Å². The minimum absolute atomic E-state index is 0. The molecule has 148 heavy (non-hydrogen) atoms. The van der Waals surface area contributed by atoms with Gasteiger partial charge in [-0.05, 0) is 114 Å². The molecule has 22 aromatic rings. The Morgan fingerprint density at radius 2 is 0.662 bits per heavy atom. The van der Waals surface area contributed by atoms with Crippen LogP contribution in [0.4, 0.5) is 17.1 Å². The second-order valence-electron chi connectivity index (χ2n) is 35.7. The molecule has 24 heteroatoms. The van der Waals surface area contributed by atoms with Gasteiger partial charge in [0.25, 0.3) is 0 Å². The molecule has 0 spiro atoms. The third-order valence-corrected chi connectivity index (χ3v) is 24.4. The molecule has 0 aliphatic rings. The van der Waals surface area contributed by atoms with Gasteiger partial charge in [0.05, 0.1) is 92.3 Å². The zero-order chi connectivity index (χ0) is 99.4. The second-order valence-corrected chi connectivity index (χ2v) is 35.7. The maximum absolute atomic E-state index is 10.9. The van der Waals surface area contributed by atoms with E-state index >= 15 is 0 Å². The van der Waals surface area contributed by atoms with Crippen LogP contribution in [0.1, 0.15) is 47.1 Å². The van der Waals surface area contributed by atoms with Gasteiger partial charge in [0.15, 0.2) is 11.4 Å². The molecule has 4 N–H and O–H groups in total. The van der Waals surface area contributed by atoms with Crippen LogP contribution in [0.5, 0.6) is 23.0 Å². The van der Waals surface area contributed by atoms with E-state index in [1.807, 2.05) is 231 Å². The molecule has 8 heterocycles. The Kier molecular flexibility index (Phi) is 34.3. The largest absolute Gasteiger partial charge is 0.509 e. The molecule has 0 atom stereocenters. The summed E-state index contributed by atoms with van der Waals surface area (Å²) in [4.78, 5) is 48.8. The minimum atomic E-state index is 0. The number of benzene rings is 14. The van der Waals surface area contributed by atoms with Crippen molar-refractivity contribution in [3.63, 3.8) is 0 Å². The first-order valence-electron chi connectivity index (χ1n) is 47.1. The Morgan fingerprint density at radius 1 is 0.297 bits per heavy atom. The molecule has 736 valence electrons. The van der Waals surface area contributed by atoms with Gasteiger partial charge in [0.2, 0.25) is 5.69 Å². The van der Waals surface area contributed by atoms with Crippen LogP contribution in [-0.4, -0.2) is 78.6 Å². The van der Waals surface area contributed by atoms with Crippen LogP contribution in [0.3, 0.4) is 0 Å².